The molecule has 17 heavy (non-hydrogen) atoms. The number of nitrogens with zero attached hydrogens (tertiary/aromatic N) is 3. The van der Waals surface area contributed by atoms with E-state index in [9.17, 15) is 4.79 Å². The first-order valence-corrected chi connectivity index (χ1v) is 5.28. The highest BCUT2D eigenvalue weighted by Crippen LogP contribution is 2.06. The van der Waals surface area contributed by atoms with Crippen molar-refractivity contribution in [3.8, 4) is 6.07 Å². The Morgan fingerprint density at radius 2 is 2.41 bits per heavy atom. The van der Waals surface area contributed by atoms with Gasteiger partial charge < -0.3 is 10.5 Å². The molecule has 0 aromatic carbocycles. The van der Waals surface area contributed by atoms with Crippen LogP contribution in [0.1, 0.15) is 24.7 Å². The quantitative estimate of drug-likeness (QED) is 0.767. The molecular formula is C11H14N4O2. The molecule has 0 aliphatic carbocycles. The van der Waals surface area contributed by atoms with Crippen molar-refractivity contribution >= 4 is 11.6 Å². The van der Waals surface area contributed by atoms with Crippen molar-refractivity contribution in [3.05, 3.63) is 17.6 Å². The number of anilines is 1. The van der Waals surface area contributed by atoms with E-state index >= 15 is 0 Å². The van der Waals surface area contributed by atoms with Gasteiger partial charge in [0.05, 0.1) is 11.9 Å². The van der Waals surface area contributed by atoms with E-state index in [4.69, 9.17) is 15.7 Å². The number of nitrogens with two attached hydrogens (primary N) is 1. The molecular weight excluding hydrogens is 220 g/mol. The van der Waals surface area contributed by atoms with Gasteiger partial charge in [-0.2, -0.15) is 5.26 Å². The minimum absolute atomic E-state index is 0.00369. The average Bonchev–Trinajstić information content (AvgIpc) is 2.35. The van der Waals surface area contributed by atoms with Gasteiger partial charge in [-0.3, -0.25) is 4.79 Å². The molecule has 0 unspecified atom stereocenters. The lowest BCUT2D eigenvalue weighted by molar-refractivity contribution is -0.123. The van der Waals surface area contributed by atoms with Crippen molar-refractivity contribution in [2.75, 3.05) is 18.9 Å². The zero-order valence-electron chi connectivity index (χ0n) is 9.64. The van der Waals surface area contributed by atoms with Crippen LogP contribution in [0.15, 0.2) is 6.20 Å². The lowest BCUT2D eigenvalue weighted by Gasteiger charge is -2.02. The fraction of sp³-hybridized carbons (Fsp3) is 0.455. The second-order valence-corrected chi connectivity index (χ2v) is 3.38. The predicted octanol–water partition coefficient (Wildman–Crippen LogP) is 0.469. The molecule has 0 spiro atoms. The molecule has 0 radical (unpaired) electrons. The first-order valence-electron chi connectivity index (χ1n) is 5.28. The lowest BCUT2D eigenvalue weighted by atomic mass is 10.2. The van der Waals surface area contributed by atoms with Crippen LogP contribution in [0, 0.1) is 11.3 Å². The number of carbonyl (C=O) groups is 1. The monoisotopic (exact) mass is 234 g/mol. The van der Waals surface area contributed by atoms with Gasteiger partial charge in [0, 0.05) is 13.0 Å². The molecule has 6 heteroatoms. The smallest absolute Gasteiger partial charge is 0.183 e. The minimum Gasteiger partial charge on any atom is -0.381 e. The molecule has 0 aliphatic heterocycles. The van der Waals surface area contributed by atoms with Gasteiger partial charge in [-0.15, -0.1) is 0 Å². The number of ketones is 1. The number of aryl methyl sites for hydroxylation is 1. The summed E-state index contributed by atoms with van der Waals surface area (Å²) in [5.41, 5.74) is 6.12. The van der Waals surface area contributed by atoms with Crippen LogP contribution in [0.2, 0.25) is 0 Å². The zero-order chi connectivity index (χ0) is 12.7. The Morgan fingerprint density at radius 1 is 1.65 bits per heavy atom. The Bertz CT molecular complexity index is 440. The van der Waals surface area contributed by atoms with Crippen molar-refractivity contribution in [2.24, 2.45) is 0 Å². The summed E-state index contributed by atoms with van der Waals surface area (Å²) in [5, 5.41) is 8.72. The van der Waals surface area contributed by atoms with Crippen LogP contribution < -0.4 is 5.73 Å². The fourth-order valence-corrected chi connectivity index (χ4v) is 1.19. The summed E-state index contributed by atoms with van der Waals surface area (Å²) in [6.07, 6.45) is 2.24. The van der Waals surface area contributed by atoms with Gasteiger partial charge in [-0.25, -0.2) is 9.97 Å². The second-order valence-electron chi connectivity index (χ2n) is 3.38. The maximum absolute atomic E-state index is 11.3. The number of nitriles is 1. The average molecular weight is 234 g/mol. The molecule has 1 heterocycles. The first-order chi connectivity index (χ1) is 8.17. The molecule has 0 bridgehead atoms. The van der Waals surface area contributed by atoms with E-state index in [1.807, 2.05) is 13.0 Å². The number of carbonyl (C=O) groups excluding carboxylic acids is 1. The van der Waals surface area contributed by atoms with Gasteiger partial charge in [0.2, 0.25) is 0 Å². The molecule has 0 saturated carbocycles. The van der Waals surface area contributed by atoms with Crippen LogP contribution in [0.4, 0.5) is 5.82 Å². The summed E-state index contributed by atoms with van der Waals surface area (Å²) in [6.45, 7) is 2.47. The Balaban J connectivity index is 2.53. The van der Waals surface area contributed by atoms with E-state index in [2.05, 4.69) is 9.97 Å². The highest BCUT2D eigenvalue weighted by molar-refractivity contribution is 5.79. The van der Waals surface area contributed by atoms with E-state index in [1.54, 1.807) is 0 Å². The van der Waals surface area contributed by atoms with Crippen LogP contribution in [-0.4, -0.2) is 29.0 Å². The third-order valence-electron chi connectivity index (χ3n) is 2.08. The normalized spacial score (nSPS) is 9.88. The van der Waals surface area contributed by atoms with E-state index in [1.165, 1.54) is 6.20 Å². The van der Waals surface area contributed by atoms with Gasteiger partial charge in [-0.1, -0.05) is 0 Å². The highest BCUT2D eigenvalue weighted by atomic mass is 16.5. The molecule has 90 valence electrons. The fourth-order valence-electron chi connectivity index (χ4n) is 1.19. The van der Waals surface area contributed by atoms with Crippen LogP contribution in [0.25, 0.3) is 0 Å². The maximum Gasteiger partial charge on any atom is 0.183 e. The van der Waals surface area contributed by atoms with E-state index in [0.29, 0.717) is 25.1 Å². The predicted molar refractivity (Wildman–Crippen MR) is 61.0 cm³/mol. The maximum atomic E-state index is 11.3. The Kier molecular flexibility index (Phi) is 5.04. The Labute approximate surface area is 99.4 Å². The third kappa shape index (κ3) is 4.17. The molecule has 1 aromatic heterocycles. The van der Waals surface area contributed by atoms with Crippen LogP contribution in [0.5, 0.6) is 0 Å². The van der Waals surface area contributed by atoms with Crippen molar-refractivity contribution < 1.29 is 9.53 Å². The largest absolute Gasteiger partial charge is 0.381 e. The molecule has 2 N–H and O–H groups in total. The summed E-state index contributed by atoms with van der Waals surface area (Å²) in [5.74, 6) is 0.112. The molecule has 6 nitrogen and oxygen atoms in total. The zero-order valence-corrected chi connectivity index (χ0v) is 9.64. The van der Waals surface area contributed by atoms with Crippen LogP contribution in [-0.2, 0) is 16.0 Å². The Hall–Kier alpha value is -2.00. The van der Waals surface area contributed by atoms with Gasteiger partial charge in [0.15, 0.2) is 17.3 Å². The van der Waals surface area contributed by atoms with Gasteiger partial charge in [-0.05, 0) is 13.3 Å². The molecule has 0 atom stereocenters. The summed E-state index contributed by atoms with van der Waals surface area (Å²) >= 11 is 0. The van der Waals surface area contributed by atoms with Gasteiger partial charge in [0.25, 0.3) is 0 Å². The minimum atomic E-state index is 0.00369. The first kappa shape index (κ1) is 13.1. The number of ether oxygens (including phenoxy) is 1. The summed E-state index contributed by atoms with van der Waals surface area (Å²) in [7, 11) is 0. The third-order valence-corrected chi connectivity index (χ3v) is 2.08. The van der Waals surface area contributed by atoms with Gasteiger partial charge >= 0.3 is 0 Å². The molecule has 1 rings (SSSR count). The number of Topliss-reactive ketones (excluding diaryl/α,β-unsaturated/α-hetero) is 1. The van der Waals surface area contributed by atoms with Crippen molar-refractivity contribution in [3.63, 3.8) is 0 Å². The molecule has 0 fully saturated rings. The van der Waals surface area contributed by atoms with E-state index < -0.39 is 0 Å². The number of hydrogen-bond acceptors (Lipinski definition) is 6. The number of aromatic nitrogens is 2. The molecule has 0 amide bonds. The molecule has 0 saturated heterocycles. The Morgan fingerprint density at radius 3 is 3.06 bits per heavy atom. The van der Waals surface area contributed by atoms with Crippen molar-refractivity contribution in [1.29, 1.82) is 5.26 Å². The van der Waals surface area contributed by atoms with Crippen molar-refractivity contribution in [2.45, 2.75) is 19.8 Å². The summed E-state index contributed by atoms with van der Waals surface area (Å²) < 4.78 is 4.99. The van der Waals surface area contributed by atoms with Crippen LogP contribution >= 0.6 is 0 Å². The summed E-state index contributed by atoms with van der Waals surface area (Å²) in [4.78, 5) is 19.2. The van der Waals surface area contributed by atoms with E-state index in [-0.39, 0.29) is 23.9 Å². The van der Waals surface area contributed by atoms with Crippen molar-refractivity contribution in [1.82, 2.24) is 9.97 Å². The number of nitrogen functional groups attached to an aromatic ring is 1. The standard InChI is InChI=1S/C11H14N4O2/c1-2-17-7-9(16)4-3-8-6-14-11(13)10(5-12)15-8/h6H,2-4,7H2,1H3,(H2,13,14). The molecule has 0 aliphatic rings. The SMILES string of the molecule is CCOCC(=O)CCc1cnc(N)c(C#N)n1. The van der Waals surface area contributed by atoms with E-state index in [0.717, 1.165) is 0 Å². The topological polar surface area (TPSA) is 102 Å². The van der Waals surface area contributed by atoms with Gasteiger partial charge in [0.1, 0.15) is 12.7 Å². The number of hydrogen-bond donors (Lipinski definition) is 1. The summed E-state index contributed by atoms with van der Waals surface area (Å²) in [6, 6.07) is 1.85. The molecule has 1 aromatic rings. The highest BCUT2D eigenvalue weighted by Gasteiger charge is 2.06. The van der Waals surface area contributed by atoms with Crippen LogP contribution in [0.3, 0.4) is 0 Å². The number of rotatable bonds is 6. The lowest BCUT2D eigenvalue weighted by Crippen LogP contribution is -2.10. The second kappa shape index (κ2) is 6.55.